The molecule has 0 aliphatic heterocycles. The van der Waals surface area contributed by atoms with Crippen LogP contribution in [0.5, 0.6) is 0 Å². The molecule has 0 radical (unpaired) electrons. The molecule has 2 aromatic heterocycles. The van der Waals surface area contributed by atoms with Gasteiger partial charge in [-0.1, -0.05) is 24.3 Å². The molecule has 0 saturated heterocycles. The average molecular weight is 395 g/mol. The first kappa shape index (κ1) is 17.8. The Morgan fingerprint density at radius 2 is 2.03 bits per heavy atom. The van der Waals surface area contributed by atoms with Gasteiger partial charge in [0, 0.05) is 17.2 Å². The second-order valence-electron chi connectivity index (χ2n) is 7.12. The zero-order valence-electron chi connectivity index (χ0n) is 15.9. The molecule has 8 heteroatoms. The van der Waals surface area contributed by atoms with Crippen molar-refractivity contribution >= 4 is 23.2 Å². The van der Waals surface area contributed by atoms with E-state index >= 15 is 0 Å². The normalized spacial score (nSPS) is 13.0. The summed E-state index contributed by atoms with van der Waals surface area (Å²) in [6.45, 7) is 0. The van der Waals surface area contributed by atoms with Crippen LogP contribution in [0.25, 0.3) is 16.9 Å². The third-order valence-electron chi connectivity index (χ3n) is 4.85. The van der Waals surface area contributed by atoms with Crippen molar-refractivity contribution in [3.05, 3.63) is 72.1 Å². The average Bonchev–Trinajstić information content (AvgIpc) is 3.50. The van der Waals surface area contributed by atoms with Gasteiger partial charge >= 0.3 is 0 Å². The number of amides is 1. The summed E-state index contributed by atoms with van der Waals surface area (Å²) in [5, 5.41) is 19.7. The van der Waals surface area contributed by atoms with Crippen molar-refractivity contribution < 1.29 is 4.79 Å². The number of carbonyl (C=O) groups excluding carboxylic acids is 1. The fourth-order valence-electron chi connectivity index (χ4n) is 3.12. The number of nitriles is 1. The molecule has 2 aromatic carbocycles. The Morgan fingerprint density at radius 3 is 2.87 bits per heavy atom. The minimum atomic E-state index is -0.0659. The van der Waals surface area contributed by atoms with Gasteiger partial charge in [0.15, 0.2) is 5.65 Å². The number of fused-ring (bicyclic) bond motifs is 1. The molecule has 146 valence electrons. The summed E-state index contributed by atoms with van der Waals surface area (Å²) in [6, 6.07) is 17.0. The van der Waals surface area contributed by atoms with E-state index in [1.54, 1.807) is 41.2 Å². The third-order valence-corrected chi connectivity index (χ3v) is 4.85. The molecular formula is C22H17N7O. The Balaban J connectivity index is 1.43. The molecule has 1 fully saturated rings. The number of nitrogens with one attached hydrogen (secondary N) is 2. The van der Waals surface area contributed by atoms with Gasteiger partial charge in [-0.15, -0.1) is 5.10 Å². The summed E-state index contributed by atoms with van der Waals surface area (Å²) < 4.78 is 1.62. The first-order chi connectivity index (χ1) is 14.7. The molecule has 4 aromatic rings. The Hall–Kier alpha value is -4.25. The van der Waals surface area contributed by atoms with Crippen LogP contribution < -0.4 is 10.6 Å². The van der Waals surface area contributed by atoms with E-state index in [2.05, 4.69) is 31.8 Å². The first-order valence-electron chi connectivity index (χ1n) is 9.59. The van der Waals surface area contributed by atoms with Crippen LogP contribution in [0.15, 0.2) is 60.9 Å². The van der Waals surface area contributed by atoms with Crippen molar-refractivity contribution in [3.8, 4) is 17.3 Å². The highest BCUT2D eigenvalue weighted by molar-refractivity contribution is 5.95. The predicted octanol–water partition coefficient (Wildman–Crippen LogP) is 3.30. The minimum Gasteiger partial charge on any atom is -0.349 e. The van der Waals surface area contributed by atoms with E-state index in [9.17, 15) is 10.1 Å². The number of benzene rings is 2. The number of para-hydroxylation sites is 1. The van der Waals surface area contributed by atoms with E-state index in [4.69, 9.17) is 0 Å². The second kappa shape index (κ2) is 7.29. The maximum atomic E-state index is 12.3. The van der Waals surface area contributed by atoms with Gasteiger partial charge in [0.1, 0.15) is 6.07 Å². The zero-order valence-corrected chi connectivity index (χ0v) is 15.9. The van der Waals surface area contributed by atoms with Crippen LogP contribution in [0.4, 0.5) is 11.6 Å². The molecular weight excluding hydrogens is 378 g/mol. The molecule has 1 amide bonds. The predicted molar refractivity (Wildman–Crippen MR) is 111 cm³/mol. The SMILES string of the molecule is N#Cc1ccccc1Nc1nc2cnc(-c3cccc(C(=O)NC4CC4)c3)cn2n1. The summed E-state index contributed by atoms with van der Waals surface area (Å²) in [5.74, 6) is 0.304. The molecule has 30 heavy (non-hydrogen) atoms. The van der Waals surface area contributed by atoms with Crippen LogP contribution in [-0.2, 0) is 0 Å². The highest BCUT2D eigenvalue weighted by Crippen LogP contribution is 2.23. The third kappa shape index (κ3) is 3.56. The fraction of sp³-hybridized carbons (Fsp3) is 0.136. The molecule has 2 heterocycles. The number of anilines is 2. The highest BCUT2D eigenvalue weighted by atomic mass is 16.1. The summed E-state index contributed by atoms with van der Waals surface area (Å²) in [5.41, 5.74) is 3.82. The van der Waals surface area contributed by atoms with E-state index in [-0.39, 0.29) is 5.91 Å². The zero-order chi connectivity index (χ0) is 20.5. The smallest absolute Gasteiger partial charge is 0.251 e. The van der Waals surface area contributed by atoms with Gasteiger partial charge in [0.2, 0.25) is 5.95 Å². The molecule has 0 atom stereocenters. The number of hydrogen-bond acceptors (Lipinski definition) is 6. The topological polar surface area (TPSA) is 108 Å². The van der Waals surface area contributed by atoms with Gasteiger partial charge in [0.25, 0.3) is 5.91 Å². The molecule has 0 bridgehead atoms. The van der Waals surface area contributed by atoms with Crippen LogP contribution in [0.1, 0.15) is 28.8 Å². The van der Waals surface area contributed by atoms with Gasteiger partial charge < -0.3 is 10.6 Å². The van der Waals surface area contributed by atoms with Crippen molar-refractivity contribution in [2.75, 3.05) is 5.32 Å². The molecule has 0 unspecified atom stereocenters. The Morgan fingerprint density at radius 1 is 1.17 bits per heavy atom. The van der Waals surface area contributed by atoms with Crippen molar-refractivity contribution in [2.45, 2.75) is 18.9 Å². The van der Waals surface area contributed by atoms with Crippen molar-refractivity contribution in [3.63, 3.8) is 0 Å². The Bertz CT molecular complexity index is 1300. The van der Waals surface area contributed by atoms with Gasteiger partial charge in [-0.25, -0.2) is 4.52 Å². The molecule has 1 saturated carbocycles. The van der Waals surface area contributed by atoms with Crippen LogP contribution in [0.2, 0.25) is 0 Å². The standard InChI is InChI=1S/C22H17N7O/c23-11-16-4-1-2-7-18(16)26-22-27-20-12-24-19(13-29(20)28-22)14-5-3-6-15(10-14)21(30)25-17-8-9-17/h1-7,10,12-13,17H,8-9H2,(H,25,30)(H,26,28). The van der Waals surface area contributed by atoms with Gasteiger partial charge in [0.05, 0.1) is 29.3 Å². The number of aromatic nitrogens is 4. The molecule has 5 rings (SSSR count). The van der Waals surface area contributed by atoms with E-state index < -0.39 is 0 Å². The van der Waals surface area contributed by atoms with E-state index in [1.807, 2.05) is 24.3 Å². The Labute approximate surface area is 172 Å². The van der Waals surface area contributed by atoms with Crippen LogP contribution in [0.3, 0.4) is 0 Å². The maximum absolute atomic E-state index is 12.3. The minimum absolute atomic E-state index is 0.0659. The number of nitrogens with zero attached hydrogens (tertiary/aromatic N) is 5. The lowest BCUT2D eigenvalue weighted by Gasteiger charge is -2.06. The van der Waals surface area contributed by atoms with Gasteiger partial charge in [-0.3, -0.25) is 9.78 Å². The van der Waals surface area contributed by atoms with Gasteiger partial charge in [-0.2, -0.15) is 10.2 Å². The summed E-state index contributed by atoms with van der Waals surface area (Å²) in [6.07, 6.45) is 5.48. The van der Waals surface area contributed by atoms with Crippen molar-refractivity contribution in [2.24, 2.45) is 0 Å². The van der Waals surface area contributed by atoms with E-state index in [0.29, 0.717) is 40.1 Å². The molecule has 2 N–H and O–H groups in total. The fourth-order valence-corrected chi connectivity index (χ4v) is 3.12. The van der Waals surface area contributed by atoms with E-state index in [0.717, 1.165) is 18.4 Å². The monoisotopic (exact) mass is 395 g/mol. The number of rotatable bonds is 5. The largest absolute Gasteiger partial charge is 0.349 e. The quantitative estimate of drug-likeness (QED) is 0.537. The van der Waals surface area contributed by atoms with Crippen LogP contribution in [-0.4, -0.2) is 31.5 Å². The van der Waals surface area contributed by atoms with E-state index in [1.165, 1.54) is 0 Å². The molecule has 8 nitrogen and oxygen atoms in total. The molecule has 1 aliphatic carbocycles. The van der Waals surface area contributed by atoms with Crippen molar-refractivity contribution in [1.82, 2.24) is 24.9 Å². The van der Waals surface area contributed by atoms with Crippen molar-refractivity contribution in [1.29, 1.82) is 5.26 Å². The summed E-state index contributed by atoms with van der Waals surface area (Å²) >= 11 is 0. The number of hydrogen-bond donors (Lipinski definition) is 2. The molecule has 0 spiro atoms. The maximum Gasteiger partial charge on any atom is 0.251 e. The lowest BCUT2D eigenvalue weighted by molar-refractivity contribution is 0.0951. The second-order valence-corrected chi connectivity index (χ2v) is 7.12. The molecule has 1 aliphatic rings. The Kier molecular flexibility index (Phi) is 4.33. The summed E-state index contributed by atoms with van der Waals surface area (Å²) in [7, 11) is 0. The summed E-state index contributed by atoms with van der Waals surface area (Å²) in [4.78, 5) is 21.2. The lowest BCUT2D eigenvalue weighted by Crippen LogP contribution is -2.25. The van der Waals surface area contributed by atoms with Gasteiger partial charge in [-0.05, 0) is 37.1 Å². The number of carbonyl (C=O) groups is 1. The van der Waals surface area contributed by atoms with Crippen LogP contribution in [0, 0.1) is 11.3 Å². The van der Waals surface area contributed by atoms with Crippen LogP contribution >= 0.6 is 0 Å². The first-order valence-corrected chi connectivity index (χ1v) is 9.59. The highest BCUT2D eigenvalue weighted by Gasteiger charge is 2.23. The lowest BCUT2D eigenvalue weighted by atomic mass is 10.1.